The van der Waals surface area contributed by atoms with E-state index in [4.69, 9.17) is 9.98 Å². The monoisotopic (exact) mass is 477 g/mol. The van der Waals surface area contributed by atoms with Crippen LogP contribution in [0.2, 0.25) is 0 Å². The van der Waals surface area contributed by atoms with Crippen LogP contribution in [0.5, 0.6) is 0 Å². The van der Waals surface area contributed by atoms with Gasteiger partial charge in [-0.3, -0.25) is 14.5 Å². The zero-order valence-electron chi connectivity index (χ0n) is 20.4. The SMILES string of the molecule is CC(=Nc1ccccc1S(=O)(=O)O)c1cccc(C(C)=Nc2c(C(C)C)cccc2C(C)C)n1. The van der Waals surface area contributed by atoms with Crippen molar-refractivity contribution in [1.82, 2.24) is 4.98 Å². The number of aliphatic imine (C=N–C) groups is 2. The topological polar surface area (TPSA) is 92.0 Å². The highest BCUT2D eigenvalue weighted by atomic mass is 32.2. The molecule has 3 rings (SSSR count). The van der Waals surface area contributed by atoms with Crippen LogP contribution in [0.15, 0.2) is 75.5 Å². The van der Waals surface area contributed by atoms with Gasteiger partial charge in [0, 0.05) is 0 Å². The van der Waals surface area contributed by atoms with Crippen molar-refractivity contribution >= 4 is 32.9 Å². The number of benzene rings is 2. The molecule has 178 valence electrons. The number of para-hydroxylation sites is 2. The van der Waals surface area contributed by atoms with Crippen molar-refractivity contribution in [2.45, 2.75) is 58.3 Å². The third-order valence-corrected chi connectivity index (χ3v) is 6.44. The molecule has 0 aliphatic heterocycles. The van der Waals surface area contributed by atoms with Gasteiger partial charge in [-0.1, -0.05) is 64.1 Å². The van der Waals surface area contributed by atoms with Gasteiger partial charge in [0.1, 0.15) is 4.90 Å². The van der Waals surface area contributed by atoms with Gasteiger partial charge < -0.3 is 0 Å². The first-order chi connectivity index (χ1) is 16.0. The predicted octanol–water partition coefficient (Wildman–Crippen LogP) is 6.86. The average Bonchev–Trinajstić information content (AvgIpc) is 2.78. The maximum absolute atomic E-state index is 11.7. The minimum absolute atomic E-state index is 0.160. The van der Waals surface area contributed by atoms with Gasteiger partial charge in [-0.2, -0.15) is 8.42 Å². The Labute approximate surface area is 202 Å². The molecule has 0 aliphatic rings. The summed E-state index contributed by atoms with van der Waals surface area (Å²) in [7, 11) is -4.39. The molecular formula is C27H31N3O3S. The number of nitrogens with zero attached hydrogens (tertiary/aromatic N) is 3. The molecule has 0 fully saturated rings. The summed E-state index contributed by atoms with van der Waals surface area (Å²) in [6.07, 6.45) is 0. The maximum atomic E-state index is 11.7. The van der Waals surface area contributed by atoms with Gasteiger partial charge in [0.05, 0.1) is 34.2 Å². The lowest BCUT2D eigenvalue weighted by Crippen LogP contribution is -2.06. The Morgan fingerprint density at radius 3 is 1.79 bits per heavy atom. The van der Waals surface area contributed by atoms with Crippen LogP contribution in [0.4, 0.5) is 11.4 Å². The Morgan fingerprint density at radius 1 is 0.765 bits per heavy atom. The molecule has 7 heteroatoms. The fourth-order valence-corrected chi connectivity index (χ4v) is 4.34. The highest BCUT2D eigenvalue weighted by Crippen LogP contribution is 2.35. The highest BCUT2D eigenvalue weighted by molar-refractivity contribution is 7.86. The van der Waals surface area contributed by atoms with E-state index in [-0.39, 0.29) is 10.6 Å². The number of pyridine rings is 1. The van der Waals surface area contributed by atoms with Crippen LogP contribution >= 0.6 is 0 Å². The van der Waals surface area contributed by atoms with Gasteiger partial charge in [0.2, 0.25) is 0 Å². The van der Waals surface area contributed by atoms with Crippen molar-refractivity contribution in [3.05, 3.63) is 83.2 Å². The summed E-state index contributed by atoms with van der Waals surface area (Å²) >= 11 is 0. The second-order valence-corrected chi connectivity index (χ2v) is 10.2. The molecule has 1 N–H and O–H groups in total. The first-order valence-corrected chi connectivity index (χ1v) is 12.7. The number of hydrogen-bond acceptors (Lipinski definition) is 5. The lowest BCUT2D eigenvalue weighted by Gasteiger charge is -2.17. The van der Waals surface area contributed by atoms with E-state index in [1.165, 1.54) is 23.3 Å². The molecule has 0 aliphatic carbocycles. The van der Waals surface area contributed by atoms with Crippen LogP contribution < -0.4 is 0 Å². The second kappa shape index (κ2) is 10.4. The van der Waals surface area contributed by atoms with Gasteiger partial charge >= 0.3 is 0 Å². The molecule has 1 heterocycles. The van der Waals surface area contributed by atoms with Crippen LogP contribution in [0.1, 0.15) is 75.9 Å². The van der Waals surface area contributed by atoms with Crippen LogP contribution in [-0.2, 0) is 10.1 Å². The fourth-order valence-electron chi connectivity index (χ4n) is 3.71. The zero-order valence-corrected chi connectivity index (χ0v) is 21.3. The average molecular weight is 478 g/mol. The van der Waals surface area contributed by atoms with E-state index in [0.29, 0.717) is 28.9 Å². The predicted molar refractivity (Wildman–Crippen MR) is 139 cm³/mol. The summed E-state index contributed by atoms with van der Waals surface area (Å²) in [6.45, 7) is 12.3. The summed E-state index contributed by atoms with van der Waals surface area (Å²) in [5, 5.41) is 0. The van der Waals surface area contributed by atoms with Crippen molar-refractivity contribution < 1.29 is 13.0 Å². The van der Waals surface area contributed by atoms with Crippen LogP contribution in [0, 0.1) is 0 Å². The molecule has 34 heavy (non-hydrogen) atoms. The van der Waals surface area contributed by atoms with Crippen molar-refractivity contribution in [1.29, 1.82) is 0 Å². The van der Waals surface area contributed by atoms with Gasteiger partial charge in [0.25, 0.3) is 10.1 Å². The summed E-state index contributed by atoms with van der Waals surface area (Å²) in [6, 6.07) is 18.0. The minimum atomic E-state index is -4.39. The summed E-state index contributed by atoms with van der Waals surface area (Å²) in [5.41, 5.74) is 6.15. The van der Waals surface area contributed by atoms with Crippen molar-refractivity contribution in [3.63, 3.8) is 0 Å². The smallest absolute Gasteiger partial charge is 0.282 e. The molecule has 0 saturated heterocycles. The van der Waals surface area contributed by atoms with Gasteiger partial charge in [-0.25, -0.2) is 4.98 Å². The lowest BCUT2D eigenvalue weighted by atomic mass is 9.93. The van der Waals surface area contributed by atoms with Crippen LogP contribution in [0.25, 0.3) is 0 Å². The molecule has 6 nitrogen and oxygen atoms in total. The fraction of sp³-hybridized carbons (Fsp3) is 0.296. The Hall–Kier alpha value is -3.16. The highest BCUT2D eigenvalue weighted by Gasteiger charge is 2.16. The number of hydrogen-bond donors (Lipinski definition) is 1. The number of aromatic nitrogens is 1. The molecule has 0 radical (unpaired) electrons. The Kier molecular flexibility index (Phi) is 7.79. The minimum Gasteiger partial charge on any atom is -0.282 e. The van der Waals surface area contributed by atoms with E-state index in [0.717, 1.165) is 11.4 Å². The summed E-state index contributed by atoms with van der Waals surface area (Å²) in [4.78, 5) is 13.9. The summed E-state index contributed by atoms with van der Waals surface area (Å²) < 4.78 is 32.9. The molecule has 0 unspecified atom stereocenters. The second-order valence-electron chi connectivity index (χ2n) is 8.84. The summed E-state index contributed by atoms with van der Waals surface area (Å²) in [5.74, 6) is 0.670. The molecular weight excluding hydrogens is 446 g/mol. The molecule has 0 amide bonds. The number of rotatable bonds is 7. The Balaban J connectivity index is 2.05. The van der Waals surface area contributed by atoms with E-state index in [9.17, 15) is 13.0 Å². The molecule has 0 saturated carbocycles. The van der Waals surface area contributed by atoms with Gasteiger partial charge in [-0.05, 0) is 61.1 Å². The van der Waals surface area contributed by atoms with Crippen LogP contribution in [0.3, 0.4) is 0 Å². The third-order valence-electron chi connectivity index (χ3n) is 5.54. The first-order valence-electron chi connectivity index (χ1n) is 11.3. The van der Waals surface area contributed by atoms with E-state index in [1.807, 2.05) is 25.1 Å². The molecule has 3 aromatic rings. The molecule has 0 spiro atoms. The van der Waals surface area contributed by atoms with Gasteiger partial charge in [-0.15, -0.1) is 0 Å². The van der Waals surface area contributed by atoms with E-state index in [1.54, 1.807) is 19.1 Å². The largest absolute Gasteiger partial charge is 0.296 e. The van der Waals surface area contributed by atoms with Gasteiger partial charge in [0.15, 0.2) is 0 Å². The van der Waals surface area contributed by atoms with E-state index < -0.39 is 10.1 Å². The lowest BCUT2D eigenvalue weighted by molar-refractivity contribution is 0.483. The van der Waals surface area contributed by atoms with Crippen molar-refractivity contribution in [2.75, 3.05) is 0 Å². The zero-order chi connectivity index (χ0) is 25.0. The quantitative estimate of drug-likeness (QED) is 0.297. The standard InChI is InChI=1S/C27H31N3O3S/c1-17(2)21-11-9-12-22(18(3)4)27(21)29-20(6)24-15-10-14-23(30-24)19(5)28-25-13-7-8-16-26(25)34(31,32)33/h7-18H,1-6H3,(H,31,32,33). The molecule has 2 aromatic carbocycles. The normalized spacial score (nSPS) is 13.1. The third kappa shape index (κ3) is 5.85. The molecule has 0 atom stereocenters. The Bertz CT molecular complexity index is 1330. The molecule has 1 aromatic heterocycles. The van der Waals surface area contributed by atoms with E-state index >= 15 is 0 Å². The maximum Gasteiger partial charge on any atom is 0.296 e. The Morgan fingerprint density at radius 2 is 1.26 bits per heavy atom. The van der Waals surface area contributed by atoms with Crippen molar-refractivity contribution in [2.24, 2.45) is 9.98 Å². The molecule has 0 bridgehead atoms. The van der Waals surface area contributed by atoms with E-state index in [2.05, 4.69) is 50.9 Å². The first kappa shape index (κ1) is 25.5. The van der Waals surface area contributed by atoms with Crippen molar-refractivity contribution in [3.8, 4) is 0 Å². The van der Waals surface area contributed by atoms with Crippen LogP contribution in [-0.4, -0.2) is 29.4 Å².